The molecule has 0 spiro atoms. The number of imide groups is 1. The molecule has 0 radical (unpaired) electrons. The van der Waals surface area contributed by atoms with E-state index in [2.05, 4.69) is 0 Å². The molecule has 7 nitrogen and oxygen atoms in total. The molecule has 0 N–H and O–H groups in total. The van der Waals surface area contributed by atoms with E-state index in [9.17, 15) is 19.2 Å². The molecule has 0 bridgehead atoms. The smallest absolute Gasteiger partial charge is 0.338 e. The number of carbonyl (C=O) groups is 4. The van der Waals surface area contributed by atoms with Crippen molar-refractivity contribution in [2.24, 2.45) is 0 Å². The number of fused-ring (bicyclic) bond motifs is 1. The summed E-state index contributed by atoms with van der Waals surface area (Å²) in [6.45, 7) is 1.46. The number of hydrogen-bond donors (Lipinski definition) is 0. The van der Waals surface area contributed by atoms with Crippen LogP contribution < -0.4 is 4.90 Å². The van der Waals surface area contributed by atoms with E-state index < -0.39 is 23.9 Å². The first-order chi connectivity index (χ1) is 13.2. The minimum absolute atomic E-state index is 0.0799. The van der Waals surface area contributed by atoms with Gasteiger partial charge in [-0.2, -0.15) is 0 Å². The Labute approximate surface area is 166 Å². The number of amides is 3. The number of halogens is 1. The third kappa shape index (κ3) is 3.48. The molecule has 0 saturated heterocycles. The molecule has 144 valence electrons. The van der Waals surface area contributed by atoms with Crippen molar-refractivity contribution in [3.8, 4) is 0 Å². The van der Waals surface area contributed by atoms with E-state index in [4.69, 9.17) is 16.3 Å². The molecule has 8 heteroatoms. The van der Waals surface area contributed by atoms with Crippen LogP contribution in [0, 0.1) is 0 Å². The molecule has 0 unspecified atom stereocenters. The first kappa shape index (κ1) is 19.6. The van der Waals surface area contributed by atoms with Crippen molar-refractivity contribution in [1.82, 2.24) is 4.90 Å². The molecule has 1 aliphatic rings. The average molecular weight is 401 g/mol. The highest BCUT2D eigenvalue weighted by molar-refractivity contribution is 6.35. The van der Waals surface area contributed by atoms with Gasteiger partial charge in [0.1, 0.15) is 0 Å². The van der Waals surface area contributed by atoms with E-state index in [0.717, 1.165) is 4.90 Å². The highest BCUT2D eigenvalue weighted by atomic mass is 35.5. The summed E-state index contributed by atoms with van der Waals surface area (Å²) in [7, 11) is 3.11. The van der Waals surface area contributed by atoms with Crippen LogP contribution in [0.3, 0.4) is 0 Å². The summed E-state index contributed by atoms with van der Waals surface area (Å²) < 4.78 is 5.15. The molecular weight excluding hydrogens is 384 g/mol. The number of likely N-dealkylation sites (N-methyl/N-ethyl adjacent to an activating group) is 1. The molecule has 28 heavy (non-hydrogen) atoms. The molecule has 0 saturated carbocycles. The zero-order chi connectivity index (χ0) is 20.6. The summed E-state index contributed by atoms with van der Waals surface area (Å²) in [5, 5.41) is 0.479. The maximum atomic E-state index is 12.7. The first-order valence-corrected chi connectivity index (χ1v) is 8.79. The van der Waals surface area contributed by atoms with E-state index >= 15 is 0 Å². The van der Waals surface area contributed by atoms with Gasteiger partial charge in [-0.3, -0.25) is 14.4 Å². The summed E-state index contributed by atoms with van der Waals surface area (Å²) in [5.41, 5.74) is 0.746. The molecular formula is C20H17ClN2O5. The van der Waals surface area contributed by atoms with Crippen molar-refractivity contribution < 1.29 is 23.9 Å². The molecule has 1 atom stereocenters. The number of benzene rings is 2. The van der Waals surface area contributed by atoms with Crippen LogP contribution in [0.2, 0.25) is 5.02 Å². The van der Waals surface area contributed by atoms with Gasteiger partial charge in [-0.25, -0.2) is 9.69 Å². The van der Waals surface area contributed by atoms with E-state index in [0.29, 0.717) is 10.7 Å². The second-order valence-electron chi connectivity index (χ2n) is 6.46. The van der Waals surface area contributed by atoms with Crippen LogP contribution in [0.5, 0.6) is 0 Å². The Balaban J connectivity index is 1.86. The van der Waals surface area contributed by atoms with Crippen molar-refractivity contribution in [3.63, 3.8) is 0 Å². The second kappa shape index (κ2) is 7.44. The quantitative estimate of drug-likeness (QED) is 0.582. The zero-order valence-corrected chi connectivity index (χ0v) is 16.2. The molecule has 0 aromatic heterocycles. The van der Waals surface area contributed by atoms with Crippen molar-refractivity contribution in [3.05, 3.63) is 64.2 Å². The minimum atomic E-state index is -0.973. The fourth-order valence-electron chi connectivity index (χ4n) is 2.84. The maximum absolute atomic E-state index is 12.7. The fraction of sp³-hybridized carbons (Fsp3) is 0.200. The van der Waals surface area contributed by atoms with Crippen molar-refractivity contribution >= 4 is 41.0 Å². The standard InChI is InChI=1S/C20H17ClN2O5/c1-11(17(24)22(2)3)28-20(27)12-4-9-15-16(10-12)19(26)23(18(15)25)14-7-5-13(21)6-8-14/h4-11H,1-3H3/t11-/m0/s1. The lowest BCUT2D eigenvalue weighted by atomic mass is 10.1. The van der Waals surface area contributed by atoms with Gasteiger partial charge in [-0.05, 0) is 49.4 Å². The summed E-state index contributed by atoms with van der Waals surface area (Å²) in [4.78, 5) is 51.9. The van der Waals surface area contributed by atoms with Gasteiger partial charge in [0, 0.05) is 19.1 Å². The Hall–Kier alpha value is -3.19. The number of nitrogens with zero attached hydrogens (tertiary/aromatic N) is 2. The molecule has 3 amide bonds. The molecule has 2 aromatic rings. The van der Waals surface area contributed by atoms with Crippen LogP contribution in [0.15, 0.2) is 42.5 Å². The van der Waals surface area contributed by atoms with Crippen molar-refractivity contribution in [1.29, 1.82) is 0 Å². The molecule has 0 aliphatic carbocycles. The predicted octanol–water partition coefficient (Wildman–Crippen LogP) is 2.77. The third-order valence-electron chi connectivity index (χ3n) is 4.28. The van der Waals surface area contributed by atoms with Crippen LogP contribution in [-0.4, -0.2) is 48.8 Å². The van der Waals surface area contributed by atoms with Gasteiger partial charge >= 0.3 is 5.97 Å². The van der Waals surface area contributed by atoms with E-state index in [1.165, 1.54) is 30.0 Å². The lowest BCUT2D eigenvalue weighted by molar-refractivity contribution is -0.137. The zero-order valence-electron chi connectivity index (χ0n) is 15.4. The molecule has 1 heterocycles. The van der Waals surface area contributed by atoms with Crippen LogP contribution in [0.4, 0.5) is 5.69 Å². The lowest BCUT2D eigenvalue weighted by Gasteiger charge is -2.17. The highest BCUT2D eigenvalue weighted by Gasteiger charge is 2.37. The third-order valence-corrected chi connectivity index (χ3v) is 4.53. The Morgan fingerprint density at radius 2 is 1.61 bits per heavy atom. The number of rotatable bonds is 4. The van der Waals surface area contributed by atoms with Crippen LogP contribution in [0.25, 0.3) is 0 Å². The maximum Gasteiger partial charge on any atom is 0.338 e. The van der Waals surface area contributed by atoms with Gasteiger partial charge in [0.15, 0.2) is 6.10 Å². The highest BCUT2D eigenvalue weighted by Crippen LogP contribution is 2.30. The number of ether oxygens (including phenoxy) is 1. The molecule has 1 aliphatic heterocycles. The van der Waals surface area contributed by atoms with Gasteiger partial charge in [-0.1, -0.05) is 11.6 Å². The number of hydrogen-bond acceptors (Lipinski definition) is 5. The predicted molar refractivity (Wildman–Crippen MR) is 103 cm³/mol. The van der Waals surface area contributed by atoms with Crippen LogP contribution >= 0.6 is 11.6 Å². The minimum Gasteiger partial charge on any atom is -0.449 e. The molecule has 3 rings (SSSR count). The first-order valence-electron chi connectivity index (χ1n) is 8.41. The summed E-state index contributed by atoms with van der Waals surface area (Å²) in [6, 6.07) is 10.4. The SMILES string of the molecule is C[C@H](OC(=O)c1ccc2c(c1)C(=O)N(c1ccc(Cl)cc1)C2=O)C(=O)N(C)C. The van der Waals surface area contributed by atoms with Crippen molar-refractivity contribution in [2.75, 3.05) is 19.0 Å². The lowest BCUT2D eigenvalue weighted by Crippen LogP contribution is -2.34. The largest absolute Gasteiger partial charge is 0.449 e. The molecule has 2 aromatic carbocycles. The van der Waals surface area contributed by atoms with Gasteiger partial charge < -0.3 is 9.64 Å². The molecule has 0 fully saturated rings. The second-order valence-corrected chi connectivity index (χ2v) is 6.90. The van der Waals surface area contributed by atoms with Crippen LogP contribution in [-0.2, 0) is 9.53 Å². The van der Waals surface area contributed by atoms with Gasteiger partial charge in [0.05, 0.1) is 22.4 Å². The van der Waals surface area contributed by atoms with Gasteiger partial charge in [0.2, 0.25) is 0 Å². The Morgan fingerprint density at radius 1 is 1.00 bits per heavy atom. The monoisotopic (exact) mass is 400 g/mol. The topological polar surface area (TPSA) is 84.0 Å². The van der Waals surface area contributed by atoms with Crippen molar-refractivity contribution in [2.45, 2.75) is 13.0 Å². The normalized spacial score (nSPS) is 13.9. The van der Waals surface area contributed by atoms with Gasteiger partial charge in [0.25, 0.3) is 17.7 Å². The van der Waals surface area contributed by atoms with Crippen LogP contribution in [0.1, 0.15) is 38.0 Å². The Bertz CT molecular complexity index is 985. The van der Waals surface area contributed by atoms with E-state index in [-0.39, 0.29) is 22.6 Å². The Morgan fingerprint density at radius 3 is 2.21 bits per heavy atom. The number of esters is 1. The van der Waals surface area contributed by atoms with E-state index in [1.54, 1.807) is 38.4 Å². The van der Waals surface area contributed by atoms with Gasteiger partial charge in [-0.15, -0.1) is 0 Å². The Kier molecular flexibility index (Phi) is 5.20. The van der Waals surface area contributed by atoms with E-state index in [1.807, 2.05) is 0 Å². The average Bonchev–Trinajstić information content (AvgIpc) is 2.92. The number of anilines is 1. The summed E-state index contributed by atoms with van der Waals surface area (Å²) in [6.07, 6.45) is -0.973. The number of carbonyl (C=O) groups excluding carboxylic acids is 4. The summed E-state index contributed by atoms with van der Waals surface area (Å²) >= 11 is 5.85. The summed E-state index contributed by atoms with van der Waals surface area (Å²) in [5.74, 6) is -2.15. The fourth-order valence-corrected chi connectivity index (χ4v) is 2.96.